The van der Waals surface area contributed by atoms with Gasteiger partial charge in [-0.3, -0.25) is 9.59 Å². The van der Waals surface area contributed by atoms with Gasteiger partial charge < -0.3 is 15.2 Å². The molecule has 1 aromatic carbocycles. The summed E-state index contributed by atoms with van der Waals surface area (Å²) in [4.78, 5) is 27.5. The van der Waals surface area contributed by atoms with Crippen molar-refractivity contribution in [1.82, 2.24) is 15.2 Å². The van der Waals surface area contributed by atoms with Crippen molar-refractivity contribution in [3.63, 3.8) is 0 Å². The maximum Gasteiger partial charge on any atom is 0.253 e. The number of fused-ring (bicyclic) bond motifs is 1. The lowest BCUT2D eigenvalue weighted by molar-refractivity contribution is -0.127. The van der Waals surface area contributed by atoms with Crippen LogP contribution in [0.25, 0.3) is 10.9 Å². The number of H-pyrrole nitrogens is 1. The minimum absolute atomic E-state index is 0.0697. The highest BCUT2D eigenvalue weighted by Crippen LogP contribution is 2.18. The molecule has 2 amide bonds. The van der Waals surface area contributed by atoms with E-state index in [0.717, 1.165) is 0 Å². The van der Waals surface area contributed by atoms with E-state index >= 15 is 0 Å². The molecule has 0 radical (unpaired) electrons. The van der Waals surface area contributed by atoms with E-state index in [1.807, 2.05) is 0 Å². The molecule has 0 aliphatic carbocycles. The first-order valence-electron chi connectivity index (χ1n) is 5.74. The summed E-state index contributed by atoms with van der Waals surface area (Å²) in [5.74, 6) is -0.934. The Morgan fingerprint density at radius 2 is 2.11 bits per heavy atom. The number of halogens is 1. The first-order valence-corrected chi connectivity index (χ1v) is 5.74. The van der Waals surface area contributed by atoms with E-state index in [9.17, 15) is 14.0 Å². The van der Waals surface area contributed by atoms with Gasteiger partial charge in [0, 0.05) is 31.2 Å². The van der Waals surface area contributed by atoms with Crippen molar-refractivity contribution in [2.24, 2.45) is 0 Å². The number of nitrogens with one attached hydrogen (secondary N) is 2. The fraction of sp³-hybridized carbons (Fsp3) is 0.231. The normalized spacial score (nSPS) is 10.5. The Hall–Kier alpha value is -2.37. The van der Waals surface area contributed by atoms with E-state index in [2.05, 4.69) is 10.3 Å². The minimum atomic E-state index is -0.371. The zero-order valence-electron chi connectivity index (χ0n) is 10.7. The van der Waals surface area contributed by atoms with Crippen molar-refractivity contribution in [3.8, 4) is 0 Å². The van der Waals surface area contributed by atoms with Gasteiger partial charge >= 0.3 is 0 Å². The first kappa shape index (κ1) is 13.1. The Bertz CT molecular complexity index is 634. The molecule has 0 spiro atoms. The number of aromatic nitrogens is 1. The summed E-state index contributed by atoms with van der Waals surface area (Å²) in [5, 5.41) is 3.15. The predicted molar refractivity (Wildman–Crippen MR) is 69.3 cm³/mol. The van der Waals surface area contributed by atoms with Gasteiger partial charge in [0.05, 0.1) is 12.1 Å². The topological polar surface area (TPSA) is 65.2 Å². The summed E-state index contributed by atoms with van der Waals surface area (Å²) in [6, 6.07) is 4.14. The highest BCUT2D eigenvalue weighted by atomic mass is 19.1. The molecule has 2 rings (SSSR count). The summed E-state index contributed by atoms with van der Waals surface area (Å²) in [6.07, 6.45) is 1.50. The molecule has 100 valence electrons. The maximum atomic E-state index is 13.0. The van der Waals surface area contributed by atoms with Crippen LogP contribution in [0.5, 0.6) is 0 Å². The average molecular weight is 263 g/mol. The van der Waals surface area contributed by atoms with Crippen LogP contribution in [0.3, 0.4) is 0 Å². The number of carbonyl (C=O) groups excluding carboxylic acids is 2. The van der Waals surface area contributed by atoms with Gasteiger partial charge in [-0.15, -0.1) is 0 Å². The Labute approximate surface area is 109 Å². The molecule has 0 aliphatic rings. The highest BCUT2D eigenvalue weighted by molar-refractivity contribution is 6.07. The Morgan fingerprint density at radius 3 is 2.79 bits per heavy atom. The molecular weight excluding hydrogens is 249 g/mol. The molecule has 0 saturated carbocycles. The van der Waals surface area contributed by atoms with Crippen LogP contribution in [0.2, 0.25) is 0 Å². The second-order valence-electron chi connectivity index (χ2n) is 4.36. The third-order valence-corrected chi connectivity index (χ3v) is 2.79. The van der Waals surface area contributed by atoms with Crippen molar-refractivity contribution < 1.29 is 14.0 Å². The van der Waals surface area contributed by atoms with Crippen molar-refractivity contribution in [3.05, 3.63) is 35.8 Å². The van der Waals surface area contributed by atoms with Crippen LogP contribution in [0.1, 0.15) is 10.4 Å². The fourth-order valence-electron chi connectivity index (χ4n) is 1.70. The molecule has 2 N–H and O–H groups in total. The number of rotatable bonds is 3. The molecule has 0 fully saturated rings. The number of likely N-dealkylation sites (N-methyl/N-ethyl adjacent to an activating group) is 1. The zero-order valence-corrected chi connectivity index (χ0v) is 10.7. The Kier molecular flexibility index (Phi) is 3.50. The molecule has 5 nitrogen and oxygen atoms in total. The highest BCUT2D eigenvalue weighted by Gasteiger charge is 2.13. The number of nitrogens with zero attached hydrogens (tertiary/aromatic N) is 1. The molecule has 0 aliphatic heterocycles. The molecule has 6 heteroatoms. The molecule has 1 aromatic heterocycles. The Balaban J connectivity index is 2.16. The summed E-state index contributed by atoms with van der Waals surface area (Å²) < 4.78 is 13.0. The molecule has 0 unspecified atom stereocenters. The lowest BCUT2D eigenvalue weighted by Crippen LogP contribution is -2.36. The first-order chi connectivity index (χ1) is 8.99. The monoisotopic (exact) mass is 263 g/mol. The largest absolute Gasteiger partial charge is 0.360 e. The number of amides is 2. The van der Waals surface area contributed by atoms with Crippen molar-refractivity contribution >= 4 is 22.7 Å². The van der Waals surface area contributed by atoms with E-state index in [0.29, 0.717) is 16.5 Å². The van der Waals surface area contributed by atoms with Crippen LogP contribution in [0, 0.1) is 5.82 Å². The van der Waals surface area contributed by atoms with Crippen molar-refractivity contribution in [2.75, 3.05) is 20.6 Å². The van der Waals surface area contributed by atoms with Crippen molar-refractivity contribution in [1.29, 1.82) is 0 Å². The maximum absolute atomic E-state index is 13.0. The number of aromatic amines is 1. The summed E-state index contributed by atoms with van der Waals surface area (Å²) in [7, 11) is 3.23. The van der Waals surface area contributed by atoms with Crippen LogP contribution in [0.4, 0.5) is 4.39 Å². The standard InChI is InChI=1S/C13H14FN3O2/c1-17(2)12(18)7-16-13(19)10-6-15-11-5-8(14)3-4-9(10)11/h3-6,15H,7H2,1-2H3,(H,16,19). The van der Waals surface area contributed by atoms with Crippen LogP contribution in [-0.4, -0.2) is 42.3 Å². The number of hydrogen-bond donors (Lipinski definition) is 2. The molecule has 2 aromatic rings. The van der Waals surface area contributed by atoms with Gasteiger partial charge in [0.25, 0.3) is 5.91 Å². The molecule has 1 heterocycles. The van der Waals surface area contributed by atoms with E-state index in [1.54, 1.807) is 14.1 Å². The quantitative estimate of drug-likeness (QED) is 0.871. The third kappa shape index (κ3) is 2.73. The molecular formula is C13H14FN3O2. The van der Waals surface area contributed by atoms with Gasteiger partial charge in [-0.2, -0.15) is 0 Å². The smallest absolute Gasteiger partial charge is 0.253 e. The van der Waals surface area contributed by atoms with Crippen LogP contribution in [0.15, 0.2) is 24.4 Å². The van der Waals surface area contributed by atoms with E-state index in [-0.39, 0.29) is 24.2 Å². The Morgan fingerprint density at radius 1 is 1.37 bits per heavy atom. The van der Waals surface area contributed by atoms with Crippen LogP contribution < -0.4 is 5.32 Å². The van der Waals surface area contributed by atoms with Crippen LogP contribution in [-0.2, 0) is 4.79 Å². The summed E-state index contributed by atoms with van der Waals surface area (Å²) >= 11 is 0. The van der Waals surface area contributed by atoms with Gasteiger partial charge in [-0.1, -0.05) is 0 Å². The molecule has 0 atom stereocenters. The molecule has 0 saturated heterocycles. The lowest BCUT2D eigenvalue weighted by atomic mass is 10.1. The van der Waals surface area contributed by atoms with Gasteiger partial charge in [0.1, 0.15) is 5.82 Å². The second-order valence-corrected chi connectivity index (χ2v) is 4.36. The average Bonchev–Trinajstić information content (AvgIpc) is 2.78. The fourth-order valence-corrected chi connectivity index (χ4v) is 1.70. The number of carbonyl (C=O) groups is 2. The predicted octanol–water partition coefficient (Wildman–Crippen LogP) is 1.12. The molecule has 19 heavy (non-hydrogen) atoms. The van der Waals surface area contributed by atoms with Crippen molar-refractivity contribution in [2.45, 2.75) is 0 Å². The van der Waals surface area contributed by atoms with Gasteiger partial charge in [-0.25, -0.2) is 4.39 Å². The number of benzene rings is 1. The van der Waals surface area contributed by atoms with E-state index in [4.69, 9.17) is 0 Å². The van der Waals surface area contributed by atoms with E-state index < -0.39 is 0 Å². The van der Waals surface area contributed by atoms with Gasteiger partial charge in [0.2, 0.25) is 5.91 Å². The minimum Gasteiger partial charge on any atom is -0.360 e. The second kappa shape index (κ2) is 5.09. The van der Waals surface area contributed by atoms with Gasteiger partial charge in [-0.05, 0) is 18.2 Å². The summed E-state index contributed by atoms with van der Waals surface area (Å²) in [5.41, 5.74) is 0.936. The summed E-state index contributed by atoms with van der Waals surface area (Å²) in [6.45, 7) is -0.0697. The SMILES string of the molecule is CN(C)C(=O)CNC(=O)c1c[nH]c2cc(F)ccc12. The lowest BCUT2D eigenvalue weighted by Gasteiger charge is -2.10. The third-order valence-electron chi connectivity index (χ3n) is 2.79. The molecule has 0 bridgehead atoms. The number of hydrogen-bond acceptors (Lipinski definition) is 2. The van der Waals surface area contributed by atoms with Crippen LogP contribution >= 0.6 is 0 Å². The zero-order chi connectivity index (χ0) is 14.0. The van der Waals surface area contributed by atoms with Gasteiger partial charge in [0.15, 0.2) is 0 Å². The van der Waals surface area contributed by atoms with E-state index in [1.165, 1.54) is 29.3 Å².